The molecule has 2 amide bonds. The topological polar surface area (TPSA) is 86.1 Å². The number of benzene rings is 2. The van der Waals surface area contributed by atoms with Gasteiger partial charge in [-0.1, -0.05) is 29.4 Å². The second-order valence-electron chi connectivity index (χ2n) is 5.99. The third-order valence-corrected chi connectivity index (χ3v) is 5.23. The van der Waals surface area contributed by atoms with E-state index in [1.807, 2.05) is 19.1 Å². The lowest BCUT2D eigenvalue weighted by molar-refractivity contribution is -0.117. The number of hydrogen-bond donors (Lipinski definition) is 1. The molecule has 0 fully saturated rings. The molecule has 2 aromatic carbocycles. The van der Waals surface area contributed by atoms with E-state index in [-0.39, 0.29) is 17.1 Å². The van der Waals surface area contributed by atoms with Gasteiger partial charge in [0.2, 0.25) is 5.91 Å². The number of nitrogens with zero attached hydrogens (tertiary/aromatic N) is 3. The highest BCUT2D eigenvalue weighted by atomic mass is 35.5. The number of hydrogen-bond acceptors (Lipinski definition) is 6. The van der Waals surface area contributed by atoms with E-state index >= 15 is 0 Å². The summed E-state index contributed by atoms with van der Waals surface area (Å²) in [6.45, 7) is -1.07. The van der Waals surface area contributed by atoms with Crippen molar-refractivity contribution in [1.29, 1.82) is 0 Å². The number of halogens is 3. The average molecular weight is 453 g/mol. The number of nitrogens with one attached hydrogen (secondary N) is 1. The number of rotatable bonds is 7. The maximum absolute atomic E-state index is 12.2. The number of imide groups is 1. The molecule has 1 heterocycles. The van der Waals surface area contributed by atoms with Gasteiger partial charge in [0.15, 0.2) is 5.16 Å². The zero-order valence-corrected chi connectivity index (χ0v) is 17.1. The number of aromatic nitrogens is 3. The number of alkyl halides is 2. The molecular weight excluding hydrogens is 438 g/mol. The smallest absolute Gasteiger partial charge is 0.387 e. The predicted molar refractivity (Wildman–Crippen MR) is 107 cm³/mol. The molecule has 0 unspecified atom stereocenters. The van der Waals surface area contributed by atoms with Crippen molar-refractivity contribution in [2.24, 2.45) is 0 Å². The van der Waals surface area contributed by atoms with E-state index < -0.39 is 18.4 Å². The molecule has 0 bridgehead atoms. The van der Waals surface area contributed by atoms with E-state index in [1.54, 1.807) is 10.6 Å². The molecular formula is C19H15ClF2N4O3S. The van der Waals surface area contributed by atoms with E-state index in [9.17, 15) is 18.4 Å². The van der Waals surface area contributed by atoms with Crippen LogP contribution in [0.2, 0.25) is 5.02 Å². The van der Waals surface area contributed by atoms with Crippen LogP contribution < -0.4 is 10.1 Å². The Morgan fingerprint density at radius 3 is 2.63 bits per heavy atom. The summed E-state index contributed by atoms with van der Waals surface area (Å²) in [7, 11) is 0. The predicted octanol–water partition coefficient (Wildman–Crippen LogP) is 3.88. The summed E-state index contributed by atoms with van der Waals surface area (Å²) >= 11 is 7.24. The Morgan fingerprint density at radius 1 is 1.23 bits per heavy atom. The van der Waals surface area contributed by atoms with Crippen LogP contribution in [0.4, 0.5) is 8.78 Å². The second kappa shape index (κ2) is 9.68. The van der Waals surface area contributed by atoms with Crippen molar-refractivity contribution in [2.45, 2.75) is 18.7 Å². The Labute approximate surface area is 179 Å². The molecule has 0 aliphatic rings. The maximum Gasteiger partial charge on any atom is 0.387 e. The normalized spacial score (nSPS) is 10.8. The number of thioether (sulfide) groups is 1. The Bertz CT molecular complexity index is 1060. The molecule has 0 atom stereocenters. The van der Waals surface area contributed by atoms with E-state index in [1.165, 1.54) is 30.6 Å². The Hall–Kier alpha value is -2.98. The van der Waals surface area contributed by atoms with Gasteiger partial charge in [0.25, 0.3) is 5.91 Å². The molecule has 156 valence electrons. The van der Waals surface area contributed by atoms with E-state index in [0.717, 1.165) is 23.0 Å². The summed E-state index contributed by atoms with van der Waals surface area (Å²) < 4.78 is 30.2. The summed E-state index contributed by atoms with van der Waals surface area (Å²) in [6.07, 6.45) is 1.50. The minimum Gasteiger partial charge on any atom is -0.435 e. The standard InChI is InChI=1S/C19H15ClF2N4O3S/c1-11-2-5-13(8-15(11)20)26-10-23-25-19(26)30-9-16(27)24-17(28)12-3-6-14(7-4-12)29-18(21)22/h2-8,10,18H,9H2,1H3,(H,24,27,28). The highest BCUT2D eigenvalue weighted by molar-refractivity contribution is 7.99. The monoisotopic (exact) mass is 452 g/mol. The first-order valence-corrected chi connectivity index (χ1v) is 9.88. The quantitative estimate of drug-likeness (QED) is 0.547. The fourth-order valence-corrected chi connectivity index (χ4v) is 3.29. The van der Waals surface area contributed by atoms with Crippen molar-refractivity contribution in [3.63, 3.8) is 0 Å². The van der Waals surface area contributed by atoms with Crippen LogP contribution in [0.1, 0.15) is 15.9 Å². The first-order valence-electron chi connectivity index (χ1n) is 8.52. The molecule has 30 heavy (non-hydrogen) atoms. The number of carbonyl (C=O) groups is 2. The fraction of sp³-hybridized carbons (Fsp3) is 0.158. The third-order valence-electron chi connectivity index (χ3n) is 3.88. The van der Waals surface area contributed by atoms with Crippen LogP contribution in [0.15, 0.2) is 53.9 Å². The Kier molecular flexibility index (Phi) is 7.01. The molecule has 0 aliphatic carbocycles. The third kappa shape index (κ3) is 5.55. The SMILES string of the molecule is Cc1ccc(-n2cnnc2SCC(=O)NC(=O)c2ccc(OC(F)F)cc2)cc1Cl. The van der Waals surface area contributed by atoms with E-state index in [4.69, 9.17) is 11.6 Å². The molecule has 1 N–H and O–H groups in total. The van der Waals surface area contributed by atoms with Crippen molar-refractivity contribution in [2.75, 3.05) is 5.75 Å². The largest absolute Gasteiger partial charge is 0.435 e. The average Bonchev–Trinajstić information content (AvgIpc) is 3.17. The van der Waals surface area contributed by atoms with Crippen LogP contribution in [-0.4, -0.2) is 38.9 Å². The van der Waals surface area contributed by atoms with Crippen LogP contribution >= 0.6 is 23.4 Å². The maximum atomic E-state index is 12.2. The van der Waals surface area contributed by atoms with Crippen molar-refractivity contribution >= 4 is 35.2 Å². The first-order chi connectivity index (χ1) is 14.3. The van der Waals surface area contributed by atoms with Crippen LogP contribution in [-0.2, 0) is 4.79 Å². The molecule has 0 saturated heterocycles. The number of aryl methyl sites for hydroxylation is 1. The van der Waals surface area contributed by atoms with Crippen molar-refractivity contribution in [3.8, 4) is 11.4 Å². The molecule has 0 aliphatic heterocycles. The first kappa shape index (κ1) is 21.7. The van der Waals surface area contributed by atoms with Gasteiger partial charge in [-0.25, -0.2) is 0 Å². The van der Waals surface area contributed by atoms with Gasteiger partial charge in [-0.3, -0.25) is 19.5 Å². The number of ether oxygens (including phenoxy) is 1. The molecule has 11 heteroatoms. The van der Waals surface area contributed by atoms with E-state index in [0.29, 0.717) is 10.2 Å². The van der Waals surface area contributed by atoms with E-state index in [2.05, 4.69) is 20.3 Å². The van der Waals surface area contributed by atoms with Gasteiger partial charge >= 0.3 is 6.61 Å². The summed E-state index contributed by atoms with van der Waals surface area (Å²) in [6, 6.07) is 10.5. The minimum absolute atomic E-state index is 0.0843. The molecule has 3 aromatic rings. The summed E-state index contributed by atoms with van der Waals surface area (Å²) in [5.41, 5.74) is 1.79. The Balaban J connectivity index is 1.58. The molecule has 3 rings (SSSR count). The zero-order valence-electron chi connectivity index (χ0n) is 15.5. The number of carbonyl (C=O) groups excluding carboxylic acids is 2. The molecule has 1 aromatic heterocycles. The van der Waals surface area contributed by atoms with Gasteiger partial charge in [-0.05, 0) is 48.9 Å². The lowest BCUT2D eigenvalue weighted by atomic mass is 10.2. The molecule has 7 nitrogen and oxygen atoms in total. The highest BCUT2D eigenvalue weighted by Gasteiger charge is 2.14. The summed E-state index contributed by atoms with van der Waals surface area (Å²) in [4.78, 5) is 24.3. The highest BCUT2D eigenvalue weighted by Crippen LogP contribution is 2.23. The number of amides is 2. The fourth-order valence-electron chi connectivity index (χ4n) is 2.38. The van der Waals surface area contributed by atoms with Crippen LogP contribution in [0.25, 0.3) is 5.69 Å². The lowest BCUT2D eigenvalue weighted by Gasteiger charge is -2.08. The van der Waals surface area contributed by atoms with Crippen LogP contribution in [0, 0.1) is 6.92 Å². The van der Waals surface area contributed by atoms with Crippen LogP contribution in [0.5, 0.6) is 5.75 Å². The minimum atomic E-state index is -2.96. The van der Waals surface area contributed by atoms with Crippen LogP contribution in [0.3, 0.4) is 0 Å². The van der Waals surface area contributed by atoms with Crippen molar-refractivity contribution in [3.05, 3.63) is 64.9 Å². The zero-order chi connectivity index (χ0) is 21.7. The lowest BCUT2D eigenvalue weighted by Crippen LogP contribution is -2.31. The Morgan fingerprint density at radius 2 is 1.97 bits per heavy atom. The van der Waals surface area contributed by atoms with Gasteiger partial charge in [0.1, 0.15) is 12.1 Å². The summed E-state index contributed by atoms with van der Waals surface area (Å²) in [5, 5.41) is 11.1. The van der Waals surface area contributed by atoms with Gasteiger partial charge in [0, 0.05) is 10.6 Å². The van der Waals surface area contributed by atoms with Gasteiger partial charge < -0.3 is 4.74 Å². The van der Waals surface area contributed by atoms with Gasteiger partial charge in [-0.15, -0.1) is 10.2 Å². The molecule has 0 spiro atoms. The van der Waals surface area contributed by atoms with Gasteiger partial charge in [0.05, 0.1) is 11.4 Å². The summed E-state index contributed by atoms with van der Waals surface area (Å²) in [5.74, 6) is -1.37. The van der Waals surface area contributed by atoms with Gasteiger partial charge in [-0.2, -0.15) is 8.78 Å². The molecule has 0 saturated carbocycles. The molecule has 0 radical (unpaired) electrons. The second-order valence-corrected chi connectivity index (χ2v) is 7.34. The van der Waals surface area contributed by atoms with Crippen molar-refractivity contribution < 1.29 is 23.1 Å². The van der Waals surface area contributed by atoms with Crippen molar-refractivity contribution in [1.82, 2.24) is 20.1 Å².